The maximum Gasteiger partial charge on any atom is 0.241 e. The molecule has 1 atom stereocenters. The maximum absolute atomic E-state index is 14.3. The minimum atomic E-state index is -3.07. The van der Waals surface area contributed by atoms with Crippen LogP contribution in [0.1, 0.15) is 25.3 Å². The van der Waals surface area contributed by atoms with Gasteiger partial charge in [0.05, 0.1) is 30.3 Å². The molecule has 0 saturated carbocycles. The Balaban J connectivity index is 1.59. The lowest BCUT2D eigenvalue weighted by atomic mass is 10.0. The molecule has 1 saturated heterocycles. The summed E-state index contributed by atoms with van der Waals surface area (Å²) in [7, 11) is -3.07. The third-order valence-corrected chi connectivity index (χ3v) is 7.01. The number of hydrogen-bond donors (Lipinski definition) is 1. The predicted molar refractivity (Wildman–Crippen MR) is 104 cm³/mol. The topological polar surface area (TPSA) is 86.8 Å². The number of carbonyl (C=O) groups excluding carboxylic acids is 2. The lowest BCUT2D eigenvalue weighted by Gasteiger charge is -2.31. The van der Waals surface area contributed by atoms with Crippen molar-refractivity contribution >= 4 is 27.3 Å². The molecule has 28 heavy (non-hydrogen) atoms. The standard InChI is InChI=1S/C19H26FN3O4S/c1-2-22(11-17(24)21-15-8-10-28(26,27)13-15)12-18(25)23-9-4-6-14-5-3-7-16(20)19(14)23/h3,5,7,15H,2,4,6,8-13H2,1H3,(H,21,24). The van der Waals surface area contributed by atoms with E-state index in [2.05, 4.69) is 5.32 Å². The molecule has 0 bridgehead atoms. The molecule has 1 aromatic carbocycles. The van der Waals surface area contributed by atoms with Gasteiger partial charge < -0.3 is 10.2 Å². The molecule has 2 aliphatic rings. The van der Waals surface area contributed by atoms with Gasteiger partial charge in [-0.05, 0) is 37.4 Å². The number of nitrogens with zero attached hydrogens (tertiary/aromatic N) is 2. The zero-order valence-corrected chi connectivity index (χ0v) is 16.8. The van der Waals surface area contributed by atoms with E-state index in [0.29, 0.717) is 25.2 Å². The van der Waals surface area contributed by atoms with E-state index in [1.807, 2.05) is 13.0 Å². The molecule has 154 valence electrons. The molecule has 2 aliphatic heterocycles. The van der Waals surface area contributed by atoms with Gasteiger partial charge in [-0.25, -0.2) is 12.8 Å². The van der Waals surface area contributed by atoms with E-state index in [4.69, 9.17) is 0 Å². The van der Waals surface area contributed by atoms with Crippen LogP contribution in [0.2, 0.25) is 0 Å². The van der Waals surface area contributed by atoms with E-state index < -0.39 is 15.7 Å². The van der Waals surface area contributed by atoms with Crippen LogP contribution in [0, 0.1) is 5.82 Å². The average Bonchev–Trinajstić information content (AvgIpc) is 2.99. The van der Waals surface area contributed by atoms with Crippen LogP contribution in [0.5, 0.6) is 0 Å². The lowest BCUT2D eigenvalue weighted by Crippen LogP contribution is -2.47. The van der Waals surface area contributed by atoms with E-state index >= 15 is 0 Å². The number of amides is 2. The number of carbonyl (C=O) groups is 2. The van der Waals surface area contributed by atoms with Crippen molar-refractivity contribution in [3.8, 4) is 0 Å². The van der Waals surface area contributed by atoms with Crippen molar-refractivity contribution in [2.24, 2.45) is 0 Å². The summed E-state index contributed by atoms with van der Waals surface area (Å²) in [6.07, 6.45) is 1.93. The largest absolute Gasteiger partial charge is 0.351 e. The maximum atomic E-state index is 14.3. The van der Waals surface area contributed by atoms with Gasteiger partial charge in [0.2, 0.25) is 11.8 Å². The third-order valence-electron chi connectivity index (χ3n) is 5.24. The van der Waals surface area contributed by atoms with Crippen LogP contribution < -0.4 is 10.2 Å². The number of nitrogens with one attached hydrogen (secondary N) is 1. The molecule has 1 N–H and O–H groups in total. The fraction of sp³-hybridized carbons (Fsp3) is 0.579. The highest BCUT2D eigenvalue weighted by Crippen LogP contribution is 2.30. The summed E-state index contributed by atoms with van der Waals surface area (Å²) in [6.45, 7) is 2.76. The van der Waals surface area contributed by atoms with Crippen molar-refractivity contribution in [1.29, 1.82) is 0 Å². The number of para-hydroxylation sites is 1. The SMILES string of the molecule is CCN(CC(=O)NC1CCS(=O)(=O)C1)CC(=O)N1CCCc2cccc(F)c21. The Labute approximate surface area is 164 Å². The normalized spacial score (nSPS) is 20.8. The van der Waals surface area contributed by atoms with E-state index in [0.717, 1.165) is 18.4 Å². The van der Waals surface area contributed by atoms with Crippen LogP contribution in [0.25, 0.3) is 0 Å². The molecule has 0 spiro atoms. The second kappa shape index (κ2) is 8.57. The van der Waals surface area contributed by atoms with Crippen molar-refractivity contribution in [3.05, 3.63) is 29.6 Å². The number of benzene rings is 1. The fourth-order valence-corrected chi connectivity index (χ4v) is 5.47. The van der Waals surface area contributed by atoms with Crippen LogP contribution in [0.4, 0.5) is 10.1 Å². The Kier molecular flexibility index (Phi) is 6.34. The Morgan fingerprint density at radius 2 is 2.11 bits per heavy atom. The first-order valence-corrected chi connectivity index (χ1v) is 11.4. The third kappa shape index (κ3) is 4.88. The summed E-state index contributed by atoms with van der Waals surface area (Å²) >= 11 is 0. The molecule has 1 aromatic rings. The smallest absolute Gasteiger partial charge is 0.241 e. The van der Waals surface area contributed by atoms with Crippen LogP contribution in [0.3, 0.4) is 0 Å². The molecule has 0 aliphatic carbocycles. The van der Waals surface area contributed by atoms with Gasteiger partial charge in [0.15, 0.2) is 9.84 Å². The first-order valence-electron chi connectivity index (χ1n) is 9.59. The second-order valence-corrected chi connectivity index (χ2v) is 9.60. The Morgan fingerprint density at radius 1 is 1.32 bits per heavy atom. The minimum Gasteiger partial charge on any atom is -0.351 e. The van der Waals surface area contributed by atoms with Crippen molar-refractivity contribution in [1.82, 2.24) is 10.2 Å². The monoisotopic (exact) mass is 411 g/mol. The summed E-state index contributed by atoms with van der Waals surface area (Å²) in [4.78, 5) is 28.2. The lowest BCUT2D eigenvalue weighted by molar-refractivity contribution is -0.124. The highest BCUT2D eigenvalue weighted by atomic mass is 32.2. The van der Waals surface area contributed by atoms with E-state index in [1.54, 1.807) is 11.0 Å². The van der Waals surface area contributed by atoms with Gasteiger partial charge in [0.25, 0.3) is 0 Å². The summed E-state index contributed by atoms with van der Waals surface area (Å²) in [5.41, 5.74) is 1.17. The quantitative estimate of drug-likeness (QED) is 0.746. The van der Waals surface area contributed by atoms with Crippen molar-refractivity contribution in [2.45, 2.75) is 32.2 Å². The molecule has 1 unspecified atom stereocenters. The number of aryl methyl sites for hydroxylation is 1. The van der Waals surface area contributed by atoms with Gasteiger partial charge in [-0.1, -0.05) is 19.1 Å². The molecule has 1 fully saturated rings. The van der Waals surface area contributed by atoms with Gasteiger partial charge in [-0.2, -0.15) is 0 Å². The average molecular weight is 411 g/mol. The molecule has 2 heterocycles. The van der Waals surface area contributed by atoms with Gasteiger partial charge in [-0.15, -0.1) is 0 Å². The number of fused-ring (bicyclic) bond motifs is 1. The molecule has 2 amide bonds. The highest BCUT2D eigenvalue weighted by molar-refractivity contribution is 7.91. The fourth-order valence-electron chi connectivity index (χ4n) is 3.79. The number of likely N-dealkylation sites (N-methyl/N-ethyl adjacent to an activating group) is 1. The van der Waals surface area contributed by atoms with Gasteiger partial charge in [0.1, 0.15) is 5.82 Å². The Bertz CT molecular complexity index is 859. The van der Waals surface area contributed by atoms with Gasteiger partial charge in [0, 0.05) is 12.6 Å². The molecule has 7 nitrogen and oxygen atoms in total. The number of sulfone groups is 1. The molecule has 9 heteroatoms. The number of anilines is 1. The highest BCUT2D eigenvalue weighted by Gasteiger charge is 2.30. The van der Waals surface area contributed by atoms with Gasteiger partial charge in [-0.3, -0.25) is 14.5 Å². The molecule has 3 rings (SSSR count). The second-order valence-electron chi connectivity index (χ2n) is 7.37. The first kappa shape index (κ1) is 20.7. The summed E-state index contributed by atoms with van der Waals surface area (Å²) in [5.74, 6) is -0.901. The first-order chi connectivity index (χ1) is 13.3. The van der Waals surface area contributed by atoms with Crippen LogP contribution >= 0.6 is 0 Å². The van der Waals surface area contributed by atoms with Crippen LogP contribution in [-0.4, -0.2) is 68.9 Å². The minimum absolute atomic E-state index is 0.000654. The van der Waals surface area contributed by atoms with Crippen LogP contribution in [0.15, 0.2) is 18.2 Å². The van der Waals surface area contributed by atoms with E-state index in [9.17, 15) is 22.4 Å². The number of hydrogen-bond acceptors (Lipinski definition) is 5. The summed E-state index contributed by atoms with van der Waals surface area (Å²) in [5, 5.41) is 2.73. The van der Waals surface area contributed by atoms with E-state index in [1.165, 1.54) is 11.0 Å². The molecule has 0 aromatic heterocycles. The zero-order chi connectivity index (χ0) is 20.3. The van der Waals surface area contributed by atoms with Crippen molar-refractivity contribution in [3.63, 3.8) is 0 Å². The van der Waals surface area contributed by atoms with Gasteiger partial charge >= 0.3 is 0 Å². The number of halogens is 1. The molecular weight excluding hydrogens is 385 g/mol. The van der Waals surface area contributed by atoms with E-state index in [-0.39, 0.29) is 42.5 Å². The van der Waals surface area contributed by atoms with Crippen molar-refractivity contribution in [2.75, 3.05) is 42.6 Å². The summed E-state index contributed by atoms with van der Waals surface area (Å²) in [6, 6.07) is 4.47. The molecule has 0 radical (unpaired) electrons. The molecular formula is C19H26FN3O4S. The summed E-state index contributed by atoms with van der Waals surface area (Å²) < 4.78 is 37.3. The predicted octanol–water partition coefficient (Wildman–Crippen LogP) is 0.730. The Hall–Kier alpha value is -2.00. The Morgan fingerprint density at radius 3 is 2.79 bits per heavy atom. The van der Waals surface area contributed by atoms with Crippen molar-refractivity contribution < 1.29 is 22.4 Å². The van der Waals surface area contributed by atoms with Crippen LogP contribution in [-0.2, 0) is 25.8 Å². The number of rotatable bonds is 6. The zero-order valence-electron chi connectivity index (χ0n) is 16.0.